The van der Waals surface area contributed by atoms with Crippen molar-refractivity contribution in [3.8, 4) is 5.75 Å². The van der Waals surface area contributed by atoms with Crippen molar-refractivity contribution in [2.75, 3.05) is 6.54 Å². The summed E-state index contributed by atoms with van der Waals surface area (Å²) in [7, 11) is 0. The first-order valence-electron chi connectivity index (χ1n) is 7.84. The Morgan fingerprint density at radius 1 is 1.21 bits per heavy atom. The lowest BCUT2D eigenvalue weighted by Gasteiger charge is -2.12. The first-order chi connectivity index (χ1) is 13.1. The Hall–Kier alpha value is -2.62. The Morgan fingerprint density at radius 2 is 1.86 bits per heavy atom. The van der Waals surface area contributed by atoms with Crippen LogP contribution in [0.3, 0.4) is 0 Å². The molecule has 0 bridgehead atoms. The van der Waals surface area contributed by atoms with Gasteiger partial charge in [-0.2, -0.15) is 22.0 Å². The molecule has 0 spiro atoms. The molecule has 0 aliphatic carbocycles. The van der Waals surface area contributed by atoms with Gasteiger partial charge in [0.25, 0.3) is 5.56 Å². The second-order valence-corrected chi connectivity index (χ2v) is 6.04. The molecule has 2 rings (SSSR count). The fourth-order valence-corrected chi connectivity index (χ4v) is 2.49. The lowest BCUT2D eigenvalue weighted by atomic mass is 10.1. The van der Waals surface area contributed by atoms with Crippen LogP contribution in [0.15, 0.2) is 41.3 Å². The zero-order valence-electron chi connectivity index (χ0n) is 14.1. The summed E-state index contributed by atoms with van der Waals surface area (Å²) in [5, 5.41) is 1.81. The number of nitrogens with one attached hydrogen (secondary N) is 1. The topological polar surface area (TPSA) is 60.3 Å². The summed E-state index contributed by atoms with van der Waals surface area (Å²) in [6, 6.07) is 6.24. The molecule has 11 heteroatoms. The van der Waals surface area contributed by atoms with Crippen molar-refractivity contribution in [1.82, 2.24) is 9.88 Å². The smallest absolute Gasteiger partial charge is 0.417 e. The van der Waals surface area contributed by atoms with Gasteiger partial charge in [-0.15, -0.1) is 0 Å². The molecule has 1 N–H and O–H groups in total. The Bertz CT molecular complexity index is 882. The molecule has 1 amide bonds. The van der Waals surface area contributed by atoms with Crippen molar-refractivity contribution in [2.24, 2.45) is 0 Å². The molecule has 2 aromatic rings. The van der Waals surface area contributed by atoms with Gasteiger partial charge in [-0.25, -0.2) is 0 Å². The van der Waals surface area contributed by atoms with E-state index >= 15 is 0 Å². The zero-order chi connectivity index (χ0) is 20.9. The van der Waals surface area contributed by atoms with Crippen molar-refractivity contribution < 1.29 is 31.5 Å². The molecule has 0 unspecified atom stereocenters. The summed E-state index contributed by atoms with van der Waals surface area (Å²) in [6.07, 6.45) is -3.86. The van der Waals surface area contributed by atoms with Crippen LogP contribution in [-0.4, -0.2) is 23.6 Å². The van der Waals surface area contributed by atoms with Crippen LogP contribution < -0.4 is 15.6 Å². The molecule has 1 heterocycles. The highest BCUT2D eigenvalue weighted by molar-refractivity contribution is 6.30. The summed E-state index contributed by atoms with van der Waals surface area (Å²) in [5.74, 6) is -0.696. The number of aromatic nitrogens is 1. The number of carbonyl (C=O) groups excluding carboxylic acids is 1. The molecule has 0 fully saturated rings. The van der Waals surface area contributed by atoms with Crippen molar-refractivity contribution >= 4 is 17.5 Å². The first kappa shape index (κ1) is 21.7. The van der Waals surface area contributed by atoms with Crippen molar-refractivity contribution in [1.29, 1.82) is 0 Å². The third-order valence-electron chi connectivity index (χ3n) is 3.57. The van der Waals surface area contributed by atoms with E-state index in [1.54, 1.807) is 0 Å². The molecule has 1 aromatic carbocycles. The minimum atomic E-state index is -4.71. The van der Waals surface area contributed by atoms with Gasteiger partial charge in [0.2, 0.25) is 5.91 Å². The number of hydrogen-bond acceptors (Lipinski definition) is 3. The summed E-state index contributed by atoms with van der Waals surface area (Å²) < 4.78 is 67.3. The standard InChI is InChI=1S/C17H14ClF5N2O3/c18-13-7-11(17(21,22)23)8-25(15(13)27)9-14(26)24-6-5-10-1-3-12(4-2-10)28-16(19)20/h1-4,7-8,16H,5-6,9H2,(H,24,26). The maximum absolute atomic E-state index is 12.8. The highest BCUT2D eigenvalue weighted by Gasteiger charge is 2.32. The Balaban J connectivity index is 1.92. The molecule has 28 heavy (non-hydrogen) atoms. The minimum absolute atomic E-state index is 0.0106. The van der Waals surface area contributed by atoms with E-state index in [1.165, 1.54) is 24.3 Å². The van der Waals surface area contributed by atoms with Gasteiger partial charge in [-0.1, -0.05) is 23.7 Å². The maximum atomic E-state index is 12.8. The average molecular weight is 425 g/mol. The molecular formula is C17H14ClF5N2O3. The van der Waals surface area contributed by atoms with E-state index in [4.69, 9.17) is 11.6 Å². The van der Waals surface area contributed by atoms with Gasteiger partial charge < -0.3 is 14.6 Å². The Morgan fingerprint density at radius 3 is 2.43 bits per heavy atom. The quantitative estimate of drug-likeness (QED) is 0.692. The zero-order valence-corrected chi connectivity index (χ0v) is 14.9. The van der Waals surface area contributed by atoms with E-state index in [-0.39, 0.29) is 12.3 Å². The molecule has 0 saturated heterocycles. The van der Waals surface area contributed by atoms with Gasteiger partial charge in [0.1, 0.15) is 17.3 Å². The monoisotopic (exact) mass is 424 g/mol. The van der Waals surface area contributed by atoms with Crippen molar-refractivity contribution in [3.63, 3.8) is 0 Å². The van der Waals surface area contributed by atoms with Crippen LogP contribution in [0.1, 0.15) is 11.1 Å². The van der Waals surface area contributed by atoms with Gasteiger partial charge in [-0.05, 0) is 30.2 Å². The number of benzene rings is 1. The largest absolute Gasteiger partial charge is 0.435 e. The number of carbonyl (C=O) groups is 1. The molecule has 0 saturated carbocycles. The van der Waals surface area contributed by atoms with Gasteiger partial charge in [0.05, 0.1) is 5.56 Å². The predicted molar refractivity (Wildman–Crippen MR) is 90.5 cm³/mol. The highest BCUT2D eigenvalue weighted by atomic mass is 35.5. The molecule has 152 valence electrons. The van der Waals surface area contributed by atoms with E-state index in [2.05, 4.69) is 10.1 Å². The van der Waals surface area contributed by atoms with Crippen LogP contribution >= 0.6 is 11.6 Å². The number of halogens is 6. The molecule has 1 aromatic heterocycles. The van der Waals surface area contributed by atoms with E-state index in [0.717, 1.165) is 0 Å². The van der Waals surface area contributed by atoms with E-state index in [9.17, 15) is 31.5 Å². The first-order valence-corrected chi connectivity index (χ1v) is 8.21. The normalized spacial score (nSPS) is 11.5. The number of nitrogens with zero attached hydrogens (tertiary/aromatic N) is 1. The van der Waals surface area contributed by atoms with E-state index in [1.807, 2.05) is 0 Å². The fraction of sp³-hybridized carbons (Fsp3) is 0.294. The second-order valence-electron chi connectivity index (χ2n) is 5.63. The van der Waals surface area contributed by atoms with E-state index in [0.29, 0.717) is 28.8 Å². The van der Waals surface area contributed by atoms with Gasteiger partial charge in [0, 0.05) is 12.7 Å². The number of rotatable bonds is 7. The average Bonchev–Trinajstić information content (AvgIpc) is 2.59. The van der Waals surface area contributed by atoms with Crippen LogP contribution in [0.4, 0.5) is 22.0 Å². The molecule has 0 aliphatic heterocycles. The molecule has 0 radical (unpaired) electrons. The van der Waals surface area contributed by atoms with Crippen molar-refractivity contribution in [2.45, 2.75) is 25.8 Å². The van der Waals surface area contributed by atoms with Crippen molar-refractivity contribution in [3.05, 3.63) is 63.0 Å². The van der Waals surface area contributed by atoms with Crippen LogP contribution in [-0.2, 0) is 23.9 Å². The predicted octanol–water partition coefficient (Wildman–Crippen LogP) is 3.48. The number of pyridine rings is 1. The van der Waals surface area contributed by atoms with Crippen LogP contribution in [0, 0.1) is 0 Å². The number of amides is 1. The van der Waals surface area contributed by atoms with Gasteiger partial charge in [0.15, 0.2) is 0 Å². The Labute approximate surface area is 160 Å². The maximum Gasteiger partial charge on any atom is 0.417 e. The number of ether oxygens (including phenoxy) is 1. The lowest BCUT2D eigenvalue weighted by Crippen LogP contribution is -2.34. The number of hydrogen-bond donors (Lipinski definition) is 1. The van der Waals surface area contributed by atoms with Gasteiger partial charge in [-0.3, -0.25) is 9.59 Å². The van der Waals surface area contributed by atoms with Crippen LogP contribution in [0.25, 0.3) is 0 Å². The summed E-state index contributed by atoms with van der Waals surface area (Å²) in [5.41, 5.74) is -1.35. The van der Waals surface area contributed by atoms with Crippen LogP contribution in [0.2, 0.25) is 5.02 Å². The third kappa shape index (κ3) is 6.22. The van der Waals surface area contributed by atoms with E-state index < -0.39 is 41.4 Å². The Kier molecular flexibility index (Phi) is 7.00. The SMILES string of the molecule is O=C(Cn1cc(C(F)(F)F)cc(Cl)c1=O)NCCc1ccc(OC(F)F)cc1. The molecule has 0 aliphatic rings. The summed E-state index contributed by atoms with van der Waals surface area (Å²) in [6.45, 7) is -3.45. The molecular weight excluding hydrogens is 411 g/mol. The lowest BCUT2D eigenvalue weighted by molar-refractivity contribution is -0.138. The molecule has 5 nitrogen and oxygen atoms in total. The molecule has 0 atom stereocenters. The third-order valence-corrected chi connectivity index (χ3v) is 3.84. The van der Waals surface area contributed by atoms with Crippen LogP contribution in [0.5, 0.6) is 5.75 Å². The van der Waals surface area contributed by atoms with Gasteiger partial charge >= 0.3 is 12.8 Å². The fourth-order valence-electron chi connectivity index (χ4n) is 2.27. The minimum Gasteiger partial charge on any atom is -0.435 e. The highest BCUT2D eigenvalue weighted by Crippen LogP contribution is 2.29. The summed E-state index contributed by atoms with van der Waals surface area (Å²) >= 11 is 5.51. The second kappa shape index (κ2) is 9.05. The summed E-state index contributed by atoms with van der Waals surface area (Å²) in [4.78, 5) is 23.7. The number of alkyl halides is 5.